The zero-order valence-corrected chi connectivity index (χ0v) is 19.5. The molecule has 0 saturated carbocycles. The van der Waals surface area contributed by atoms with Crippen LogP contribution in [0.3, 0.4) is 0 Å². The summed E-state index contributed by atoms with van der Waals surface area (Å²) in [4.78, 5) is 33.2. The lowest BCUT2D eigenvalue weighted by atomic mass is 10.2. The second-order valence-electron chi connectivity index (χ2n) is 8.74. The largest absolute Gasteiger partial charge is 0.460 e. The van der Waals surface area contributed by atoms with Crippen molar-refractivity contribution in [2.24, 2.45) is 0 Å². The van der Waals surface area contributed by atoms with E-state index in [0.717, 1.165) is 58.5 Å². The minimum atomic E-state index is -0.341. The number of piperazine rings is 1. The first-order valence-corrected chi connectivity index (χ1v) is 12.1. The van der Waals surface area contributed by atoms with Gasteiger partial charge in [-0.05, 0) is 68.8 Å². The monoisotopic (exact) mass is 466 g/mol. The number of anilines is 2. The highest BCUT2D eigenvalue weighted by Crippen LogP contribution is 2.15. The van der Waals surface area contributed by atoms with Crippen molar-refractivity contribution in [1.29, 1.82) is 0 Å². The molecule has 2 saturated heterocycles. The predicted molar refractivity (Wildman–Crippen MR) is 132 cm³/mol. The molecule has 182 valence electrons. The van der Waals surface area contributed by atoms with Crippen molar-refractivity contribution in [1.82, 2.24) is 20.5 Å². The molecule has 1 unspecified atom stereocenters. The summed E-state index contributed by atoms with van der Waals surface area (Å²) in [7, 11) is 0. The average molecular weight is 467 g/mol. The number of esters is 1. The van der Waals surface area contributed by atoms with Crippen LogP contribution >= 0.6 is 0 Å². The van der Waals surface area contributed by atoms with E-state index in [2.05, 4.69) is 30.7 Å². The Morgan fingerprint density at radius 1 is 1.06 bits per heavy atom. The molecule has 0 spiro atoms. The van der Waals surface area contributed by atoms with E-state index in [1.54, 1.807) is 24.3 Å². The van der Waals surface area contributed by atoms with Crippen molar-refractivity contribution in [2.75, 3.05) is 62.6 Å². The van der Waals surface area contributed by atoms with Crippen LogP contribution in [0.2, 0.25) is 0 Å². The third-order valence-electron chi connectivity index (χ3n) is 6.29. The van der Waals surface area contributed by atoms with E-state index in [1.165, 1.54) is 5.69 Å². The summed E-state index contributed by atoms with van der Waals surface area (Å²) in [5.74, 6) is -0.341. The summed E-state index contributed by atoms with van der Waals surface area (Å²) >= 11 is 0. The number of hydrogen-bond donors (Lipinski definition) is 3. The fourth-order valence-corrected chi connectivity index (χ4v) is 4.31. The Balaban J connectivity index is 1.09. The van der Waals surface area contributed by atoms with E-state index >= 15 is 0 Å². The van der Waals surface area contributed by atoms with Gasteiger partial charge in [-0.25, -0.2) is 9.59 Å². The van der Waals surface area contributed by atoms with Gasteiger partial charge in [-0.3, -0.25) is 9.88 Å². The van der Waals surface area contributed by atoms with E-state index in [1.807, 2.05) is 24.5 Å². The second-order valence-corrected chi connectivity index (χ2v) is 8.74. The smallest absolute Gasteiger partial charge is 0.338 e. The van der Waals surface area contributed by atoms with Crippen LogP contribution in [-0.4, -0.2) is 80.3 Å². The summed E-state index contributed by atoms with van der Waals surface area (Å²) in [6.07, 6.45) is 6.71. The van der Waals surface area contributed by atoms with Gasteiger partial charge in [0, 0.05) is 62.5 Å². The SMILES string of the molecule is O=C(NCCCN1CCN(c2ccncc2)CC1)Nc1ccc(C(=O)OCC2CCCN2)cc1. The molecule has 2 aromatic rings. The Kier molecular flexibility index (Phi) is 8.70. The molecule has 4 rings (SSSR count). The van der Waals surface area contributed by atoms with Crippen molar-refractivity contribution >= 4 is 23.4 Å². The van der Waals surface area contributed by atoms with Crippen LogP contribution in [0.25, 0.3) is 0 Å². The topological polar surface area (TPSA) is 98.8 Å². The fourth-order valence-electron chi connectivity index (χ4n) is 4.31. The molecule has 9 heteroatoms. The highest BCUT2D eigenvalue weighted by molar-refractivity contribution is 5.92. The molecule has 1 aromatic carbocycles. The number of nitrogens with zero attached hydrogens (tertiary/aromatic N) is 3. The molecule has 0 radical (unpaired) electrons. The summed E-state index contributed by atoms with van der Waals surface area (Å²) < 4.78 is 5.37. The number of amides is 2. The molecule has 1 atom stereocenters. The van der Waals surface area contributed by atoms with Crippen LogP contribution in [0.4, 0.5) is 16.2 Å². The zero-order valence-electron chi connectivity index (χ0n) is 19.5. The van der Waals surface area contributed by atoms with Gasteiger partial charge in [0.15, 0.2) is 0 Å². The van der Waals surface area contributed by atoms with Gasteiger partial charge < -0.3 is 25.6 Å². The molecule has 9 nitrogen and oxygen atoms in total. The fraction of sp³-hybridized carbons (Fsp3) is 0.480. The number of nitrogens with one attached hydrogen (secondary N) is 3. The highest BCUT2D eigenvalue weighted by atomic mass is 16.5. The molecular weight excluding hydrogens is 432 g/mol. The lowest BCUT2D eigenvalue weighted by molar-refractivity contribution is 0.0473. The third-order valence-corrected chi connectivity index (χ3v) is 6.29. The van der Waals surface area contributed by atoms with Gasteiger partial charge in [-0.1, -0.05) is 0 Å². The van der Waals surface area contributed by atoms with Gasteiger partial charge in [0.05, 0.1) is 5.56 Å². The van der Waals surface area contributed by atoms with E-state index in [-0.39, 0.29) is 18.0 Å². The third kappa shape index (κ3) is 7.16. The standard InChI is InChI=1S/C25H34N6O3/c32-24(34-19-22-3-1-10-27-22)20-4-6-21(7-5-20)29-25(33)28-11-2-14-30-15-17-31(18-16-30)23-8-12-26-13-9-23/h4-9,12-13,22,27H,1-3,10-11,14-19H2,(H2,28,29,33). The second kappa shape index (κ2) is 12.3. The van der Waals surface area contributed by atoms with Crippen molar-refractivity contribution < 1.29 is 14.3 Å². The van der Waals surface area contributed by atoms with Gasteiger partial charge in [-0.15, -0.1) is 0 Å². The first kappa shape index (κ1) is 24.0. The lowest BCUT2D eigenvalue weighted by Gasteiger charge is -2.36. The molecule has 0 aliphatic carbocycles. The number of carbonyl (C=O) groups is 2. The molecule has 2 amide bonds. The average Bonchev–Trinajstić information content (AvgIpc) is 3.40. The Morgan fingerprint density at radius 3 is 2.53 bits per heavy atom. The number of rotatable bonds is 9. The molecule has 2 aliphatic heterocycles. The van der Waals surface area contributed by atoms with Crippen LogP contribution in [0.5, 0.6) is 0 Å². The molecule has 1 aromatic heterocycles. The first-order chi connectivity index (χ1) is 16.7. The highest BCUT2D eigenvalue weighted by Gasteiger charge is 2.18. The van der Waals surface area contributed by atoms with E-state index in [4.69, 9.17) is 4.74 Å². The van der Waals surface area contributed by atoms with E-state index in [9.17, 15) is 9.59 Å². The summed E-state index contributed by atoms with van der Waals surface area (Å²) in [6.45, 7) is 6.96. The van der Waals surface area contributed by atoms with Crippen molar-refractivity contribution in [3.05, 3.63) is 54.4 Å². The van der Waals surface area contributed by atoms with Crippen LogP contribution in [0.1, 0.15) is 29.6 Å². The quantitative estimate of drug-likeness (QED) is 0.385. The minimum absolute atomic E-state index is 0.245. The van der Waals surface area contributed by atoms with Gasteiger partial charge in [0.1, 0.15) is 6.61 Å². The molecule has 2 aliphatic rings. The number of hydrogen-bond acceptors (Lipinski definition) is 7. The van der Waals surface area contributed by atoms with Gasteiger partial charge in [0.25, 0.3) is 0 Å². The number of urea groups is 1. The summed E-state index contributed by atoms with van der Waals surface area (Å²) in [5, 5.41) is 9.01. The number of pyridine rings is 1. The van der Waals surface area contributed by atoms with Gasteiger partial charge in [-0.2, -0.15) is 0 Å². The van der Waals surface area contributed by atoms with E-state index < -0.39 is 0 Å². The normalized spacial score (nSPS) is 18.5. The van der Waals surface area contributed by atoms with Crippen molar-refractivity contribution in [3.63, 3.8) is 0 Å². The van der Waals surface area contributed by atoms with Crippen molar-refractivity contribution in [2.45, 2.75) is 25.3 Å². The number of carbonyl (C=O) groups excluding carboxylic acids is 2. The van der Waals surface area contributed by atoms with Crippen LogP contribution in [0, 0.1) is 0 Å². The first-order valence-electron chi connectivity index (χ1n) is 12.1. The molecule has 0 bridgehead atoms. The van der Waals surface area contributed by atoms with Crippen LogP contribution in [-0.2, 0) is 4.74 Å². The van der Waals surface area contributed by atoms with Crippen molar-refractivity contribution in [3.8, 4) is 0 Å². The Morgan fingerprint density at radius 2 is 1.82 bits per heavy atom. The summed E-state index contributed by atoms with van der Waals surface area (Å²) in [6, 6.07) is 10.9. The molecular formula is C25H34N6O3. The maximum absolute atomic E-state index is 12.2. The van der Waals surface area contributed by atoms with Gasteiger partial charge in [0.2, 0.25) is 0 Å². The number of benzene rings is 1. The van der Waals surface area contributed by atoms with Gasteiger partial charge >= 0.3 is 12.0 Å². The summed E-state index contributed by atoms with van der Waals surface area (Å²) in [5.41, 5.74) is 2.34. The van der Waals surface area contributed by atoms with E-state index in [0.29, 0.717) is 24.4 Å². The number of aromatic nitrogens is 1. The Labute approximate surface area is 200 Å². The van der Waals surface area contributed by atoms with Crippen LogP contribution < -0.4 is 20.9 Å². The molecule has 3 heterocycles. The zero-order chi connectivity index (χ0) is 23.6. The molecule has 2 fully saturated rings. The molecule has 34 heavy (non-hydrogen) atoms. The van der Waals surface area contributed by atoms with Crippen LogP contribution in [0.15, 0.2) is 48.8 Å². The maximum atomic E-state index is 12.2. The number of ether oxygens (including phenoxy) is 1. The Bertz CT molecular complexity index is 910. The molecule has 3 N–H and O–H groups in total. The predicted octanol–water partition coefficient (Wildman–Crippen LogP) is 2.32. The Hall–Kier alpha value is -3.17. The maximum Gasteiger partial charge on any atom is 0.338 e. The lowest BCUT2D eigenvalue weighted by Crippen LogP contribution is -2.47. The minimum Gasteiger partial charge on any atom is -0.460 e.